The lowest BCUT2D eigenvalue weighted by Gasteiger charge is -2.15. The SMILES string of the molecule is COc1cc(CCNc2ccc([N+](=O)[O-])cc2)c(C(=O)c2ccccc2)cc1OC. The second-order valence-corrected chi connectivity index (χ2v) is 6.54. The Morgan fingerprint density at radius 2 is 1.60 bits per heavy atom. The zero-order valence-electron chi connectivity index (χ0n) is 16.8. The third kappa shape index (κ3) is 4.75. The quantitative estimate of drug-likeness (QED) is 0.320. The number of non-ortho nitro benzene ring substituents is 1. The van der Waals surface area contributed by atoms with Crippen LogP contribution in [0.25, 0.3) is 0 Å². The Labute approximate surface area is 174 Å². The molecule has 0 fully saturated rings. The highest BCUT2D eigenvalue weighted by molar-refractivity contribution is 6.10. The lowest BCUT2D eigenvalue weighted by molar-refractivity contribution is -0.384. The predicted octanol–water partition coefficient (Wildman–Crippen LogP) is 4.50. The molecular formula is C23H22N2O5. The maximum atomic E-state index is 13.1. The van der Waals surface area contributed by atoms with Gasteiger partial charge in [-0.1, -0.05) is 30.3 Å². The van der Waals surface area contributed by atoms with Gasteiger partial charge < -0.3 is 14.8 Å². The van der Waals surface area contributed by atoms with Crippen LogP contribution in [0, 0.1) is 10.1 Å². The van der Waals surface area contributed by atoms with Crippen molar-refractivity contribution in [3.05, 3.63) is 93.5 Å². The molecule has 0 bridgehead atoms. The number of carbonyl (C=O) groups excluding carboxylic acids is 1. The molecule has 0 aliphatic heterocycles. The molecule has 0 saturated heterocycles. The molecule has 0 unspecified atom stereocenters. The number of nitro benzene ring substituents is 1. The normalized spacial score (nSPS) is 10.3. The van der Waals surface area contributed by atoms with E-state index in [1.165, 1.54) is 19.2 Å². The van der Waals surface area contributed by atoms with Gasteiger partial charge in [-0.2, -0.15) is 0 Å². The summed E-state index contributed by atoms with van der Waals surface area (Å²) in [6.07, 6.45) is 0.547. The topological polar surface area (TPSA) is 90.7 Å². The second kappa shape index (κ2) is 9.56. The first-order chi connectivity index (χ1) is 14.5. The number of carbonyl (C=O) groups is 1. The molecule has 7 heteroatoms. The fourth-order valence-electron chi connectivity index (χ4n) is 3.13. The molecule has 0 spiro atoms. The molecule has 0 aromatic heterocycles. The largest absolute Gasteiger partial charge is 0.493 e. The van der Waals surface area contributed by atoms with E-state index in [-0.39, 0.29) is 11.5 Å². The van der Waals surface area contributed by atoms with Crippen LogP contribution in [-0.2, 0) is 6.42 Å². The average molecular weight is 406 g/mol. The van der Waals surface area contributed by atoms with Crippen molar-refractivity contribution in [1.82, 2.24) is 0 Å². The third-order valence-electron chi connectivity index (χ3n) is 4.69. The monoisotopic (exact) mass is 406 g/mol. The number of hydrogen-bond donors (Lipinski definition) is 1. The highest BCUT2D eigenvalue weighted by atomic mass is 16.6. The summed E-state index contributed by atoms with van der Waals surface area (Å²) in [5, 5.41) is 14.0. The van der Waals surface area contributed by atoms with E-state index in [4.69, 9.17) is 9.47 Å². The Bertz CT molecular complexity index is 1030. The van der Waals surface area contributed by atoms with Gasteiger partial charge in [-0.25, -0.2) is 0 Å². The zero-order chi connectivity index (χ0) is 21.5. The molecule has 0 radical (unpaired) electrons. The van der Waals surface area contributed by atoms with Crippen molar-refractivity contribution >= 4 is 17.2 Å². The van der Waals surface area contributed by atoms with Gasteiger partial charge in [0.15, 0.2) is 17.3 Å². The maximum Gasteiger partial charge on any atom is 0.269 e. The minimum Gasteiger partial charge on any atom is -0.493 e. The van der Waals surface area contributed by atoms with Crippen LogP contribution in [0.1, 0.15) is 21.5 Å². The highest BCUT2D eigenvalue weighted by Gasteiger charge is 2.18. The fourth-order valence-corrected chi connectivity index (χ4v) is 3.13. The number of ketones is 1. The summed E-state index contributed by atoms with van der Waals surface area (Å²) in [7, 11) is 3.08. The van der Waals surface area contributed by atoms with E-state index in [2.05, 4.69) is 5.32 Å². The van der Waals surface area contributed by atoms with Crippen molar-refractivity contribution in [2.24, 2.45) is 0 Å². The predicted molar refractivity (Wildman–Crippen MR) is 115 cm³/mol. The van der Waals surface area contributed by atoms with Crippen LogP contribution in [0.15, 0.2) is 66.7 Å². The van der Waals surface area contributed by atoms with Gasteiger partial charge in [-0.05, 0) is 36.2 Å². The molecule has 3 aromatic rings. The molecule has 30 heavy (non-hydrogen) atoms. The van der Waals surface area contributed by atoms with Crippen molar-refractivity contribution in [1.29, 1.82) is 0 Å². The lowest BCUT2D eigenvalue weighted by atomic mass is 9.95. The molecule has 1 N–H and O–H groups in total. The minimum absolute atomic E-state index is 0.0381. The van der Waals surface area contributed by atoms with E-state index in [9.17, 15) is 14.9 Å². The van der Waals surface area contributed by atoms with Gasteiger partial charge in [0.05, 0.1) is 19.1 Å². The molecule has 7 nitrogen and oxygen atoms in total. The summed E-state index contributed by atoms with van der Waals surface area (Å²) in [6, 6.07) is 18.8. The summed E-state index contributed by atoms with van der Waals surface area (Å²) in [5.41, 5.74) is 2.75. The maximum absolute atomic E-state index is 13.1. The summed E-state index contributed by atoms with van der Waals surface area (Å²) >= 11 is 0. The summed E-state index contributed by atoms with van der Waals surface area (Å²) in [4.78, 5) is 23.4. The summed E-state index contributed by atoms with van der Waals surface area (Å²) in [6.45, 7) is 0.530. The van der Waals surface area contributed by atoms with E-state index in [0.717, 1.165) is 11.3 Å². The summed E-state index contributed by atoms with van der Waals surface area (Å²) in [5.74, 6) is 0.943. The van der Waals surface area contributed by atoms with E-state index in [1.807, 2.05) is 24.3 Å². The van der Waals surface area contributed by atoms with Crippen LogP contribution < -0.4 is 14.8 Å². The van der Waals surface area contributed by atoms with Crippen molar-refractivity contribution in [3.8, 4) is 11.5 Å². The van der Waals surface area contributed by atoms with E-state index in [1.54, 1.807) is 37.4 Å². The number of benzene rings is 3. The molecule has 3 aromatic carbocycles. The minimum atomic E-state index is -0.436. The number of nitrogens with zero attached hydrogens (tertiary/aromatic N) is 1. The molecule has 0 atom stereocenters. The van der Waals surface area contributed by atoms with E-state index < -0.39 is 4.92 Å². The number of ether oxygens (including phenoxy) is 2. The second-order valence-electron chi connectivity index (χ2n) is 6.54. The zero-order valence-corrected chi connectivity index (χ0v) is 16.8. The van der Waals surface area contributed by atoms with Crippen LogP contribution in [-0.4, -0.2) is 31.5 Å². The Balaban J connectivity index is 1.83. The van der Waals surface area contributed by atoms with Crippen molar-refractivity contribution in [2.75, 3.05) is 26.1 Å². The van der Waals surface area contributed by atoms with E-state index in [0.29, 0.717) is 35.6 Å². The standard InChI is InChI=1S/C23H22N2O5/c1-29-21-14-17(12-13-24-18-8-10-19(11-9-18)25(27)28)20(15-22(21)30-2)23(26)16-6-4-3-5-7-16/h3-11,14-15,24H,12-13H2,1-2H3. The molecule has 0 saturated carbocycles. The number of methoxy groups -OCH3 is 2. The number of anilines is 1. The first-order valence-electron chi connectivity index (χ1n) is 9.36. The van der Waals surface area contributed by atoms with Gasteiger partial charge in [0.1, 0.15) is 0 Å². The van der Waals surface area contributed by atoms with Crippen LogP contribution >= 0.6 is 0 Å². The van der Waals surface area contributed by atoms with Crippen molar-refractivity contribution in [3.63, 3.8) is 0 Å². The van der Waals surface area contributed by atoms with Crippen LogP contribution in [0.3, 0.4) is 0 Å². The molecule has 154 valence electrons. The van der Waals surface area contributed by atoms with Crippen molar-refractivity contribution in [2.45, 2.75) is 6.42 Å². The highest BCUT2D eigenvalue weighted by Crippen LogP contribution is 2.32. The molecule has 3 rings (SSSR count). The van der Waals surface area contributed by atoms with Gasteiger partial charge in [0.25, 0.3) is 5.69 Å². The average Bonchev–Trinajstić information content (AvgIpc) is 2.79. The van der Waals surface area contributed by atoms with Gasteiger partial charge in [-0.3, -0.25) is 14.9 Å². The number of rotatable bonds is 9. The van der Waals surface area contributed by atoms with Gasteiger partial charge >= 0.3 is 0 Å². The Morgan fingerprint density at radius 3 is 2.20 bits per heavy atom. The van der Waals surface area contributed by atoms with Gasteiger partial charge in [0, 0.05) is 35.5 Å². The molecular weight excluding hydrogens is 384 g/mol. The third-order valence-corrected chi connectivity index (χ3v) is 4.69. The molecule has 0 aliphatic carbocycles. The fraction of sp³-hybridized carbons (Fsp3) is 0.174. The molecule has 0 heterocycles. The Kier molecular flexibility index (Phi) is 6.64. The van der Waals surface area contributed by atoms with Gasteiger partial charge in [-0.15, -0.1) is 0 Å². The Hall–Kier alpha value is -3.87. The van der Waals surface area contributed by atoms with Crippen LogP contribution in [0.5, 0.6) is 11.5 Å². The smallest absolute Gasteiger partial charge is 0.269 e. The Morgan fingerprint density at radius 1 is 0.967 bits per heavy atom. The first kappa shape index (κ1) is 20.9. The number of nitro groups is 1. The first-order valence-corrected chi connectivity index (χ1v) is 9.36. The number of nitrogens with one attached hydrogen (secondary N) is 1. The van der Waals surface area contributed by atoms with E-state index >= 15 is 0 Å². The molecule has 0 aliphatic rings. The van der Waals surface area contributed by atoms with Crippen molar-refractivity contribution < 1.29 is 19.2 Å². The van der Waals surface area contributed by atoms with Gasteiger partial charge in [0.2, 0.25) is 0 Å². The number of hydrogen-bond acceptors (Lipinski definition) is 6. The van der Waals surface area contributed by atoms with Crippen LogP contribution in [0.4, 0.5) is 11.4 Å². The van der Waals surface area contributed by atoms with Crippen LogP contribution in [0.2, 0.25) is 0 Å². The summed E-state index contributed by atoms with van der Waals surface area (Å²) < 4.78 is 10.8. The molecule has 0 amide bonds. The lowest BCUT2D eigenvalue weighted by Crippen LogP contribution is -2.11.